The van der Waals surface area contributed by atoms with Crippen molar-refractivity contribution in [2.75, 3.05) is 38.6 Å². The Morgan fingerprint density at radius 2 is 2.17 bits per heavy atom. The first kappa shape index (κ1) is 16.9. The smallest absolute Gasteiger partial charge is 0.165 e. The summed E-state index contributed by atoms with van der Waals surface area (Å²) in [6.07, 6.45) is 8.82. The van der Waals surface area contributed by atoms with Gasteiger partial charge in [-0.2, -0.15) is 0 Å². The maximum atomic E-state index is 14.0. The van der Waals surface area contributed by atoms with Crippen LogP contribution in [0.5, 0.6) is 0 Å². The van der Waals surface area contributed by atoms with E-state index in [1.54, 1.807) is 12.3 Å². The summed E-state index contributed by atoms with van der Waals surface area (Å²) in [6, 6.07) is 3.12. The van der Waals surface area contributed by atoms with Gasteiger partial charge in [-0.15, -0.1) is 0 Å². The molecule has 2 aromatic heterocycles. The van der Waals surface area contributed by atoms with Crippen molar-refractivity contribution in [1.29, 1.82) is 0 Å². The summed E-state index contributed by atoms with van der Waals surface area (Å²) in [6.45, 7) is 3.67. The van der Waals surface area contributed by atoms with E-state index in [1.807, 2.05) is 6.20 Å². The van der Waals surface area contributed by atoms with Gasteiger partial charge in [-0.3, -0.25) is 0 Å². The van der Waals surface area contributed by atoms with Crippen molar-refractivity contribution in [3.05, 3.63) is 42.4 Å². The molecule has 0 radical (unpaired) electrons. The zero-order chi connectivity index (χ0) is 16.9. The molecule has 2 aromatic rings. The minimum atomic E-state index is -0.243. The first-order chi connectivity index (χ1) is 11.6. The number of pyridine rings is 1. The summed E-state index contributed by atoms with van der Waals surface area (Å²) in [4.78, 5) is 13.1. The molecule has 24 heavy (non-hydrogen) atoms. The number of nitrogens with zero attached hydrogens (tertiary/aromatic N) is 5. The molecule has 130 valence electrons. The molecule has 0 N–H and O–H groups in total. The third kappa shape index (κ3) is 3.93. The van der Waals surface area contributed by atoms with Gasteiger partial charge in [-0.05, 0) is 52.0 Å². The second-order valence-corrected chi connectivity index (χ2v) is 6.73. The van der Waals surface area contributed by atoms with E-state index in [0.717, 1.165) is 51.3 Å². The zero-order valence-corrected chi connectivity index (χ0v) is 14.5. The molecule has 0 unspecified atom stereocenters. The number of halogens is 1. The highest BCUT2D eigenvalue weighted by molar-refractivity contribution is 5.40. The van der Waals surface area contributed by atoms with Crippen molar-refractivity contribution in [1.82, 2.24) is 19.4 Å². The minimum absolute atomic E-state index is 0.243. The van der Waals surface area contributed by atoms with Crippen LogP contribution >= 0.6 is 0 Å². The standard InChI is InChI=1S/C18H26FN5/c1-22(2)10-5-12-23-13-9-21-17(23)15-6-4-11-24(14-15)18-16(19)7-3-8-20-18/h3,7-9,13,15H,4-6,10-12,14H2,1-2H3/t15-/m0/s1. The minimum Gasteiger partial charge on any atom is -0.353 e. The van der Waals surface area contributed by atoms with Gasteiger partial charge in [0.2, 0.25) is 0 Å². The highest BCUT2D eigenvalue weighted by atomic mass is 19.1. The van der Waals surface area contributed by atoms with E-state index in [2.05, 4.69) is 44.6 Å². The molecule has 6 heteroatoms. The van der Waals surface area contributed by atoms with Crippen LogP contribution in [-0.2, 0) is 6.54 Å². The highest BCUT2D eigenvalue weighted by Crippen LogP contribution is 2.29. The molecule has 1 saturated heterocycles. The van der Waals surface area contributed by atoms with E-state index < -0.39 is 0 Å². The SMILES string of the molecule is CN(C)CCCn1ccnc1[C@H]1CCCN(c2ncccc2F)C1. The molecule has 1 aliphatic heterocycles. The van der Waals surface area contributed by atoms with Gasteiger partial charge in [0.05, 0.1) is 0 Å². The molecule has 0 bridgehead atoms. The fraction of sp³-hybridized carbons (Fsp3) is 0.556. The van der Waals surface area contributed by atoms with Gasteiger partial charge in [0.1, 0.15) is 5.82 Å². The largest absolute Gasteiger partial charge is 0.353 e. The Morgan fingerprint density at radius 1 is 1.29 bits per heavy atom. The molecule has 0 aromatic carbocycles. The summed E-state index contributed by atoms with van der Waals surface area (Å²) in [5.74, 6) is 1.67. The van der Waals surface area contributed by atoms with E-state index in [4.69, 9.17) is 0 Å². The van der Waals surface area contributed by atoms with Crippen molar-refractivity contribution in [2.45, 2.75) is 31.7 Å². The van der Waals surface area contributed by atoms with Crippen LogP contribution in [0.15, 0.2) is 30.7 Å². The first-order valence-electron chi connectivity index (χ1n) is 8.66. The fourth-order valence-electron chi connectivity index (χ4n) is 3.42. The van der Waals surface area contributed by atoms with Gasteiger partial charge in [0.15, 0.2) is 11.6 Å². The van der Waals surface area contributed by atoms with Crippen LogP contribution in [0, 0.1) is 5.82 Å². The number of anilines is 1. The molecule has 0 amide bonds. The molecule has 5 nitrogen and oxygen atoms in total. The maximum Gasteiger partial charge on any atom is 0.165 e. The predicted molar refractivity (Wildman–Crippen MR) is 93.8 cm³/mol. The number of aryl methyl sites for hydroxylation is 1. The van der Waals surface area contributed by atoms with Crippen molar-refractivity contribution >= 4 is 5.82 Å². The number of hydrogen-bond donors (Lipinski definition) is 0. The number of rotatable bonds is 6. The predicted octanol–water partition coefficient (Wildman–Crippen LogP) is 2.75. The number of aromatic nitrogens is 3. The summed E-state index contributed by atoms with van der Waals surface area (Å²) in [5.41, 5.74) is 0. The number of imidazole rings is 1. The summed E-state index contributed by atoms with van der Waals surface area (Å²) < 4.78 is 16.3. The van der Waals surface area contributed by atoms with Gasteiger partial charge >= 0.3 is 0 Å². The van der Waals surface area contributed by atoms with Crippen LogP contribution in [0.1, 0.15) is 31.0 Å². The van der Waals surface area contributed by atoms with Crippen LogP contribution in [-0.4, -0.2) is 53.2 Å². The van der Waals surface area contributed by atoms with Gasteiger partial charge in [0, 0.05) is 44.1 Å². The average molecular weight is 331 g/mol. The third-order valence-corrected chi connectivity index (χ3v) is 4.58. The molecule has 0 spiro atoms. The monoisotopic (exact) mass is 331 g/mol. The van der Waals surface area contributed by atoms with E-state index in [9.17, 15) is 4.39 Å². The van der Waals surface area contributed by atoms with Crippen molar-refractivity contribution in [3.63, 3.8) is 0 Å². The Balaban J connectivity index is 1.69. The zero-order valence-electron chi connectivity index (χ0n) is 14.5. The van der Waals surface area contributed by atoms with Gasteiger partial charge in [-0.1, -0.05) is 0 Å². The van der Waals surface area contributed by atoms with Crippen molar-refractivity contribution in [2.24, 2.45) is 0 Å². The summed E-state index contributed by atoms with van der Waals surface area (Å²) in [5, 5.41) is 0. The Labute approximate surface area is 143 Å². The average Bonchev–Trinajstić information content (AvgIpc) is 3.03. The van der Waals surface area contributed by atoms with Crippen LogP contribution in [0.3, 0.4) is 0 Å². The van der Waals surface area contributed by atoms with E-state index in [-0.39, 0.29) is 5.82 Å². The number of piperidine rings is 1. The third-order valence-electron chi connectivity index (χ3n) is 4.58. The first-order valence-corrected chi connectivity index (χ1v) is 8.66. The normalized spacial score (nSPS) is 18.3. The quantitative estimate of drug-likeness (QED) is 0.816. The van der Waals surface area contributed by atoms with Crippen LogP contribution in [0.2, 0.25) is 0 Å². The molecule has 3 rings (SSSR count). The van der Waals surface area contributed by atoms with Gasteiger partial charge in [0.25, 0.3) is 0 Å². The van der Waals surface area contributed by atoms with Gasteiger partial charge in [-0.25, -0.2) is 14.4 Å². The lowest BCUT2D eigenvalue weighted by Crippen LogP contribution is -2.36. The van der Waals surface area contributed by atoms with E-state index >= 15 is 0 Å². The van der Waals surface area contributed by atoms with Gasteiger partial charge < -0.3 is 14.4 Å². The molecule has 0 aliphatic carbocycles. The number of hydrogen-bond acceptors (Lipinski definition) is 4. The molecule has 0 saturated carbocycles. The van der Waals surface area contributed by atoms with Crippen LogP contribution in [0.4, 0.5) is 10.2 Å². The van der Waals surface area contributed by atoms with Crippen LogP contribution < -0.4 is 4.90 Å². The lowest BCUT2D eigenvalue weighted by molar-refractivity contribution is 0.380. The summed E-state index contributed by atoms with van der Waals surface area (Å²) >= 11 is 0. The molecule has 1 atom stereocenters. The van der Waals surface area contributed by atoms with Crippen molar-refractivity contribution < 1.29 is 4.39 Å². The molecule has 3 heterocycles. The maximum absolute atomic E-state index is 14.0. The fourth-order valence-corrected chi connectivity index (χ4v) is 3.42. The molecule has 1 aliphatic rings. The topological polar surface area (TPSA) is 37.2 Å². The second kappa shape index (κ2) is 7.75. The lowest BCUT2D eigenvalue weighted by Gasteiger charge is -2.33. The molecular formula is C18H26FN5. The highest BCUT2D eigenvalue weighted by Gasteiger charge is 2.26. The van der Waals surface area contributed by atoms with Crippen LogP contribution in [0.25, 0.3) is 0 Å². The lowest BCUT2D eigenvalue weighted by atomic mass is 9.97. The van der Waals surface area contributed by atoms with Crippen molar-refractivity contribution in [3.8, 4) is 0 Å². The Kier molecular flexibility index (Phi) is 5.45. The summed E-state index contributed by atoms with van der Waals surface area (Å²) in [7, 11) is 4.19. The van der Waals surface area contributed by atoms with E-state index in [0.29, 0.717) is 11.7 Å². The molecule has 1 fully saturated rings. The Morgan fingerprint density at radius 3 is 2.96 bits per heavy atom. The Bertz CT molecular complexity index is 654. The molecular weight excluding hydrogens is 305 g/mol. The second-order valence-electron chi connectivity index (χ2n) is 6.73. The Hall–Kier alpha value is -1.95. The van der Waals surface area contributed by atoms with E-state index in [1.165, 1.54) is 6.07 Å².